The predicted molar refractivity (Wildman–Crippen MR) is 81.1 cm³/mol. The first-order valence-electron chi connectivity index (χ1n) is 7.12. The highest BCUT2D eigenvalue weighted by molar-refractivity contribution is 5.98. The van der Waals surface area contributed by atoms with Crippen LogP contribution in [-0.4, -0.2) is 31.6 Å². The van der Waals surface area contributed by atoms with E-state index >= 15 is 0 Å². The molecule has 6 heteroatoms. The fourth-order valence-electron chi connectivity index (χ4n) is 2.01. The molecule has 6 nitrogen and oxygen atoms in total. The minimum Gasteiger partial charge on any atom is -0.465 e. The highest BCUT2D eigenvalue weighted by atomic mass is 16.5. The summed E-state index contributed by atoms with van der Waals surface area (Å²) in [5.41, 5.74) is 7.32. The van der Waals surface area contributed by atoms with Gasteiger partial charge in [-0.1, -0.05) is 6.07 Å². The molecule has 0 heterocycles. The van der Waals surface area contributed by atoms with Crippen LogP contribution in [0.15, 0.2) is 18.2 Å². The molecule has 0 saturated heterocycles. The number of amides is 1. The zero-order chi connectivity index (χ0) is 15.2. The number of anilines is 2. The molecule has 1 amide bonds. The molecule has 0 aliphatic heterocycles. The molecule has 0 bridgehead atoms. The second-order valence-electron chi connectivity index (χ2n) is 5.13. The number of carbonyl (C=O) groups is 2. The van der Waals surface area contributed by atoms with Crippen molar-refractivity contribution in [2.24, 2.45) is 0 Å². The number of hydrogen-bond donors (Lipinski definition) is 3. The number of carbonyl (C=O) groups excluding carboxylic acids is 2. The standard InChI is InChI=1S/C15H21N3O3/c1-21-15(20)11-4-2-5-12(14(11)16)17-9-3-6-13(19)18-10-7-8-10/h2,4-5,10,17H,3,6-9,16H2,1H3,(H,18,19). The van der Waals surface area contributed by atoms with E-state index in [1.807, 2.05) is 0 Å². The first-order valence-corrected chi connectivity index (χ1v) is 7.12. The van der Waals surface area contributed by atoms with Crippen LogP contribution in [0.1, 0.15) is 36.0 Å². The van der Waals surface area contributed by atoms with Gasteiger partial charge >= 0.3 is 5.97 Å². The molecule has 1 saturated carbocycles. The van der Waals surface area contributed by atoms with Gasteiger partial charge in [-0.25, -0.2) is 4.79 Å². The van der Waals surface area contributed by atoms with Gasteiger partial charge in [0.2, 0.25) is 5.91 Å². The van der Waals surface area contributed by atoms with E-state index in [-0.39, 0.29) is 5.91 Å². The van der Waals surface area contributed by atoms with Gasteiger partial charge in [-0.2, -0.15) is 0 Å². The van der Waals surface area contributed by atoms with Crippen molar-refractivity contribution in [3.8, 4) is 0 Å². The Kier molecular flexibility index (Phi) is 5.03. The van der Waals surface area contributed by atoms with Crippen LogP contribution in [0.2, 0.25) is 0 Å². The number of nitrogens with one attached hydrogen (secondary N) is 2. The lowest BCUT2D eigenvalue weighted by Crippen LogP contribution is -2.25. The van der Waals surface area contributed by atoms with Gasteiger partial charge < -0.3 is 21.1 Å². The minimum absolute atomic E-state index is 0.0931. The van der Waals surface area contributed by atoms with E-state index in [4.69, 9.17) is 5.73 Å². The summed E-state index contributed by atoms with van der Waals surface area (Å²) in [6.45, 7) is 0.618. The Hall–Kier alpha value is -2.24. The number of esters is 1. The van der Waals surface area contributed by atoms with Crippen molar-refractivity contribution in [2.75, 3.05) is 24.7 Å². The summed E-state index contributed by atoms with van der Waals surface area (Å²) in [7, 11) is 1.32. The third-order valence-electron chi connectivity index (χ3n) is 3.35. The van der Waals surface area contributed by atoms with Gasteiger partial charge in [0.1, 0.15) is 0 Å². The molecular formula is C15H21N3O3. The summed E-state index contributed by atoms with van der Waals surface area (Å²) in [5, 5.41) is 6.09. The fourth-order valence-corrected chi connectivity index (χ4v) is 2.01. The number of para-hydroxylation sites is 1. The average molecular weight is 291 g/mol. The maximum Gasteiger partial charge on any atom is 0.340 e. The van der Waals surface area contributed by atoms with E-state index in [0.29, 0.717) is 42.4 Å². The Bertz CT molecular complexity index is 527. The van der Waals surface area contributed by atoms with Gasteiger partial charge in [-0.15, -0.1) is 0 Å². The molecule has 0 atom stereocenters. The third-order valence-corrected chi connectivity index (χ3v) is 3.35. The van der Waals surface area contributed by atoms with Crippen LogP contribution >= 0.6 is 0 Å². The molecule has 1 aromatic rings. The van der Waals surface area contributed by atoms with E-state index in [2.05, 4.69) is 15.4 Å². The molecule has 1 aliphatic carbocycles. The first-order chi connectivity index (χ1) is 10.1. The Morgan fingerprint density at radius 1 is 1.38 bits per heavy atom. The second-order valence-corrected chi connectivity index (χ2v) is 5.13. The zero-order valence-corrected chi connectivity index (χ0v) is 12.1. The van der Waals surface area contributed by atoms with E-state index in [1.54, 1.807) is 18.2 Å². The van der Waals surface area contributed by atoms with Gasteiger partial charge in [0.05, 0.1) is 24.0 Å². The number of methoxy groups -OCH3 is 1. The van der Waals surface area contributed by atoms with Crippen molar-refractivity contribution in [1.82, 2.24) is 5.32 Å². The Labute approximate surface area is 124 Å². The van der Waals surface area contributed by atoms with Gasteiger partial charge in [0.15, 0.2) is 0 Å². The Balaban J connectivity index is 1.79. The van der Waals surface area contributed by atoms with E-state index in [9.17, 15) is 9.59 Å². The topological polar surface area (TPSA) is 93.4 Å². The monoisotopic (exact) mass is 291 g/mol. The number of nitrogen functional groups attached to an aromatic ring is 1. The highest BCUT2D eigenvalue weighted by Crippen LogP contribution is 2.23. The summed E-state index contributed by atoms with van der Waals surface area (Å²) in [4.78, 5) is 23.1. The largest absolute Gasteiger partial charge is 0.465 e. The molecule has 1 fully saturated rings. The molecule has 2 rings (SSSR count). The zero-order valence-electron chi connectivity index (χ0n) is 12.1. The van der Waals surface area contributed by atoms with E-state index in [0.717, 1.165) is 12.8 Å². The second kappa shape index (κ2) is 6.97. The number of ether oxygens (including phenoxy) is 1. The third kappa shape index (κ3) is 4.37. The number of nitrogens with two attached hydrogens (primary N) is 1. The summed E-state index contributed by atoms with van der Waals surface area (Å²) in [5.74, 6) is -0.365. The highest BCUT2D eigenvalue weighted by Gasteiger charge is 2.22. The normalized spacial score (nSPS) is 13.6. The Morgan fingerprint density at radius 2 is 2.14 bits per heavy atom. The first kappa shape index (κ1) is 15.2. The smallest absolute Gasteiger partial charge is 0.340 e. The molecule has 1 aliphatic rings. The predicted octanol–water partition coefficient (Wildman–Crippen LogP) is 1.53. The number of hydrogen-bond acceptors (Lipinski definition) is 5. The lowest BCUT2D eigenvalue weighted by molar-refractivity contribution is -0.121. The molecule has 0 aromatic heterocycles. The quantitative estimate of drug-likeness (QED) is 0.402. The lowest BCUT2D eigenvalue weighted by atomic mass is 10.1. The van der Waals surface area contributed by atoms with Crippen molar-refractivity contribution in [3.63, 3.8) is 0 Å². The van der Waals surface area contributed by atoms with Crippen molar-refractivity contribution >= 4 is 23.3 Å². The van der Waals surface area contributed by atoms with Crippen molar-refractivity contribution in [2.45, 2.75) is 31.7 Å². The van der Waals surface area contributed by atoms with Crippen LogP contribution in [0.25, 0.3) is 0 Å². The number of benzene rings is 1. The summed E-state index contributed by atoms with van der Waals surface area (Å²) in [6, 6.07) is 5.56. The van der Waals surface area contributed by atoms with Gasteiger partial charge in [0.25, 0.3) is 0 Å². The molecule has 0 spiro atoms. The molecule has 0 unspecified atom stereocenters. The van der Waals surface area contributed by atoms with Crippen LogP contribution in [0.3, 0.4) is 0 Å². The van der Waals surface area contributed by atoms with Crippen LogP contribution < -0.4 is 16.4 Å². The maximum atomic E-state index is 11.5. The SMILES string of the molecule is COC(=O)c1cccc(NCCCC(=O)NC2CC2)c1N. The van der Waals surface area contributed by atoms with Gasteiger partial charge in [-0.3, -0.25) is 4.79 Å². The molecule has 1 aromatic carbocycles. The molecule has 0 radical (unpaired) electrons. The summed E-state index contributed by atoms with van der Waals surface area (Å²) < 4.78 is 4.67. The van der Waals surface area contributed by atoms with Gasteiger partial charge in [-0.05, 0) is 31.4 Å². The lowest BCUT2D eigenvalue weighted by Gasteiger charge is -2.12. The molecule has 21 heavy (non-hydrogen) atoms. The fraction of sp³-hybridized carbons (Fsp3) is 0.467. The summed E-state index contributed by atoms with van der Waals surface area (Å²) in [6.07, 6.45) is 3.39. The van der Waals surface area contributed by atoms with Crippen LogP contribution in [-0.2, 0) is 9.53 Å². The van der Waals surface area contributed by atoms with Crippen LogP contribution in [0.5, 0.6) is 0 Å². The van der Waals surface area contributed by atoms with Crippen molar-refractivity contribution in [1.29, 1.82) is 0 Å². The maximum absolute atomic E-state index is 11.5. The molecule has 4 N–H and O–H groups in total. The van der Waals surface area contributed by atoms with Crippen molar-refractivity contribution < 1.29 is 14.3 Å². The average Bonchev–Trinajstić information content (AvgIpc) is 3.28. The molecular weight excluding hydrogens is 270 g/mol. The molecule has 114 valence electrons. The van der Waals surface area contributed by atoms with Crippen molar-refractivity contribution in [3.05, 3.63) is 23.8 Å². The van der Waals surface area contributed by atoms with Crippen LogP contribution in [0, 0.1) is 0 Å². The van der Waals surface area contributed by atoms with E-state index < -0.39 is 5.97 Å². The number of rotatable bonds is 7. The minimum atomic E-state index is -0.458. The van der Waals surface area contributed by atoms with Gasteiger partial charge in [0, 0.05) is 19.0 Å². The van der Waals surface area contributed by atoms with Crippen LogP contribution in [0.4, 0.5) is 11.4 Å². The Morgan fingerprint density at radius 3 is 2.81 bits per heavy atom. The van der Waals surface area contributed by atoms with E-state index in [1.165, 1.54) is 7.11 Å². The summed E-state index contributed by atoms with van der Waals surface area (Å²) >= 11 is 0.